The first-order valence-corrected chi connectivity index (χ1v) is 8.72. The van der Waals surface area contributed by atoms with Crippen molar-refractivity contribution in [1.82, 2.24) is 10.3 Å². The van der Waals surface area contributed by atoms with Crippen LogP contribution >= 0.6 is 0 Å². The smallest absolute Gasteiger partial charge is 0.328 e. The molecule has 0 aliphatic heterocycles. The van der Waals surface area contributed by atoms with E-state index in [1.165, 1.54) is 25.7 Å². The molecule has 0 unspecified atom stereocenters. The predicted octanol–water partition coefficient (Wildman–Crippen LogP) is 2.55. The summed E-state index contributed by atoms with van der Waals surface area (Å²) in [5.41, 5.74) is 1.52. The van der Waals surface area contributed by atoms with Gasteiger partial charge in [-0.25, -0.2) is 9.18 Å². The number of halogens is 1. The van der Waals surface area contributed by atoms with Gasteiger partial charge in [0.2, 0.25) is 5.91 Å². The molecule has 2 aliphatic rings. The molecule has 0 saturated heterocycles. The van der Waals surface area contributed by atoms with Gasteiger partial charge in [0.1, 0.15) is 11.9 Å². The summed E-state index contributed by atoms with van der Waals surface area (Å²) in [6.07, 6.45) is 5.48. The van der Waals surface area contributed by atoms with Gasteiger partial charge in [0.05, 0.1) is 7.11 Å². The number of benzene rings is 1. The molecule has 1 heterocycles. The van der Waals surface area contributed by atoms with Gasteiger partial charge in [0, 0.05) is 29.4 Å². The Labute approximate surface area is 144 Å². The highest BCUT2D eigenvalue weighted by atomic mass is 19.1. The molecule has 1 aromatic carbocycles. The van der Waals surface area contributed by atoms with E-state index in [4.69, 9.17) is 4.74 Å². The summed E-state index contributed by atoms with van der Waals surface area (Å²) in [6.45, 7) is 0. The third-order valence-corrected chi connectivity index (χ3v) is 5.66. The van der Waals surface area contributed by atoms with Crippen molar-refractivity contribution in [2.75, 3.05) is 7.11 Å². The summed E-state index contributed by atoms with van der Waals surface area (Å²) in [5.74, 6) is 0.215. The number of amides is 1. The Morgan fingerprint density at radius 3 is 2.84 bits per heavy atom. The van der Waals surface area contributed by atoms with Crippen LogP contribution in [0.1, 0.15) is 24.8 Å². The number of fused-ring (bicyclic) bond motifs is 2. The van der Waals surface area contributed by atoms with Crippen molar-refractivity contribution >= 4 is 22.8 Å². The third-order valence-electron chi connectivity index (χ3n) is 5.66. The lowest BCUT2D eigenvalue weighted by Gasteiger charge is -2.17. The number of esters is 1. The van der Waals surface area contributed by atoms with E-state index < -0.39 is 12.0 Å². The highest BCUT2D eigenvalue weighted by Crippen LogP contribution is 2.57. The van der Waals surface area contributed by atoms with Crippen LogP contribution in [0.4, 0.5) is 4.39 Å². The largest absolute Gasteiger partial charge is 0.467 e. The van der Waals surface area contributed by atoms with E-state index in [9.17, 15) is 14.0 Å². The number of aromatic nitrogens is 1. The standard InChI is InChI=1S/C19H21FN2O3/c1-25-19(24)16(22-18(23)17-13-3-2-4-14(13)17)7-10-9-21-15-8-11(20)5-6-12(10)15/h5-6,8-9,13-14,16-17,21H,2-4,7H2,1H3,(H,22,23)/t13-,14-,16+/m1/s1. The van der Waals surface area contributed by atoms with E-state index >= 15 is 0 Å². The number of ether oxygens (including phenoxy) is 1. The highest BCUT2D eigenvalue weighted by Gasteiger charge is 2.56. The van der Waals surface area contributed by atoms with Crippen LogP contribution in [0.5, 0.6) is 0 Å². The minimum Gasteiger partial charge on any atom is -0.467 e. The molecule has 0 radical (unpaired) electrons. The van der Waals surface area contributed by atoms with Crippen LogP contribution in [0, 0.1) is 23.6 Å². The summed E-state index contributed by atoms with van der Waals surface area (Å²) in [5, 5.41) is 3.71. The van der Waals surface area contributed by atoms with Crippen LogP contribution in [0.25, 0.3) is 10.9 Å². The molecule has 2 aliphatic carbocycles. The van der Waals surface area contributed by atoms with Gasteiger partial charge in [-0.2, -0.15) is 0 Å². The first kappa shape index (κ1) is 16.1. The number of carbonyl (C=O) groups excluding carboxylic acids is 2. The average molecular weight is 344 g/mol. The first-order valence-electron chi connectivity index (χ1n) is 8.72. The van der Waals surface area contributed by atoms with Gasteiger partial charge in [-0.15, -0.1) is 0 Å². The molecule has 2 N–H and O–H groups in total. The van der Waals surface area contributed by atoms with E-state index in [0.29, 0.717) is 23.8 Å². The molecular weight excluding hydrogens is 323 g/mol. The quantitative estimate of drug-likeness (QED) is 0.819. The number of nitrogens with one attached hydrogen (secondary N) is 2. The summed E-state index contributed by atoms with van der Waals surface area (Å²) in [6, 6.07) is 3.74. The number of methoxy groups -OCH3 is 1. The molecule has 25 heavy (non-hydrogen) atoms. The summed E-state index contributed by atoms with van der Waals surface area (Å²) in [7, 11) is 1.32. The van der Waals surface area contributed by atoms with Crippen molar-refractivity contribution in [3.63, 3.8) is 0 Å². The molecule has 2 aromatic rings. The predicted molar refractivity (Wildman–Crippen MR) is 90.2 cm³/mol. The lowest BCUT2D eigenvalue weighted by molar-refractivity contribution is -0.145. The van der Waals surface area contributed by atoms with Gasteiger partial charge in [0.15, 0.2) is 0 Å². The summed E-state index contributed by atoms with van der Waals surface area (Å²) in [4.78, 5) is 27.7. The Morgan fingerprint density at radius 1 is 1.36 bits per heavy atom. The molecule has 2 fully saturated rings. The van der Waals surface area contributed by atoms with Gasteiger partial charge in [0.25, 0.3) is 0 Å². The Morgan fingerprint density at radius 2 is 2.12 bits per heavy atom. The highest BCUT2D eigenvalue weighted by molar-refractivity contribution is 5.89. The zero-order chi connectivity index (χ0) is 17.6. The monoisotopic (exact) mass is 344 g/mol. The second-order valence-electron chi connectivity index (χ2n) is 7.08. The van der Waals surface area contributed by atoms with Crippen LogP contribution < -0.4 is 5.32 Å². The SMILES string of the molecule is COC(=O)[C@H](Cc1c[nH]c2cc(F)ccc12)NC(=O)C1[C@@H]2CCC[C@@H]12. The van der Waals surface area contributed by atoms with Gasteiger partial charge in [-0.05, 0) is 48.4 Å². The average Bonchev–Trinajstić information content (AvgIpc) is 2.94. The first-order chi connectivity index (χ1) is 12.1. The van der Waals surface area contributed by atoms with E-state index in [1.54, 1.807) is 12.3 Å². The number of carbonyl (C=O) groups is 2. The van der Waals surface area contributed by atoms with Crippen molar-refractivity contribution in [3.05, 3.63) is 35.8 Å². The van der Waals surface area contributed by atoms with Crippen LogP contribution in [-0.2, 0) is 20.7 Å². The third kappa shape index (κ3) is 2.90. The van der Waals surface area contributed by atoms with Crippen LogP contribution in [-0.4, -0.2) is 30.0 Å². The molecule has 132 valence electrons. The number of H-pyrrole nitrogens is 1. The van der Waals surface area contributed by atoms with Crippen molar-refractivity contribution < 1.29 is 18.7 Å². The number of hydrogen-bond acceptors (Lipinski definition) is 3. The molecule has 0 bridgehead atoms. The fourth-order valence-electron chi connectivity index (χ4n) is 4.36. The number of rotatable bonds is 5. The van der Waals surface area contributed by atoms with Crippen molar-refractivity contribution in [3.8, 4) is 0 Å². The van der Waals surface area contributed by atoms with Crippen LogP contribution in [0.15, 0.2) is 24.4 Å². The summed E-state index contributed by atoms with van der Waals surface area (Å²) < 4.78 is 18.2. The molecule has 4 rings (SSSR count). The molecule has 0 spiro atoms. The van der Waals surface area contributed by atoms with Gasteiger partial charge >= 0.3 is 5.97 Å². The van der Waals surface area contributed by atoms with Crippen LogP contribution in [0.2, 0.25) is 0 Å². The lowest BCUT2D eigenvalue weighted by atomic mass is 10.0. The normalized spacial score (nSPS) is 25.4. The van der Waals surface area contributed by atoms with E-state index in [-0.39, 0.29) is 17.6 Å². The molecule has 6 heteroatoms. The topological polar surface area (TPSA) is 71.2 Å². The van der Waals surface area contributed by atoms with E-state index in [0.717, 1.165) is 23.8 Å². The fourth-order valence-corrected chi connectivity index (χ4v) is 4.36. The molecule has 1 aromatic heterocycles. The second-order valence-corrected chi connectivity index (χ2v) is 7.08. The molecular formula is C19H21FN2O3. The van der Waals surface area contributed by atoms with Crippen molar-refractivity contribution in [1.29, 1.82) is 0 Å². The Hall–Kier alpha value is -2.37. The van der Waals surface area contributed by atoms with Crippen molar-refractivity contribution in [2.24, 2.45) is 17.8 Å². The fraction of sp³-hybridized carbons (Fsp3) is 0.474. The zero-order valence-electron chi connectivity index (χ0n) is 14.0. The van der Waals surface area contributed by atoms with Crippen LogP contribution in [0.3, 0.4) is 0 Å². The molecule has 1 amide bonds. The minimum absolute atomic E-state index is 0.0454. The molecule has 3 atom stereocenters. The van der Waals surface area contributed by atoms with Gasteiger partial charge in [-0.3, -0.25) is 4.79 Å². The Bertz CT molecular complexity index is 821. The maximum Gasteiger partial charge on any atom is 0.328 e. The summed E-state index contributed by atoms with van der Waals surface area (Å²) >= 11 is 0. The maximum absolute atomic E-state index is 13.3. The van der Waals surface area contributed by atoms with Gasteiger partial charge < -0.3 is 15.0 Å². The maximum atomic E-state index is 13.3. The number of hydrogen-bond donors (Lipinski definition) is 2. The van der Waals surface area contributed by atoms with Gasteiger partial charge in [-0.1, -0.05) is 6.42 Å². The minimum atomic E-state index is -0.733. The second kappa shape index (κ2) is 6.17. The van der Waals surface area contributed by atoms with Crippen molar-refractivity contribution in [2.45, 2.75) is 31.7 Å². The molecule has 2 saturated carbocycles. The zero-order valence-corrected chi connectivity index (χ0v) is 14.0. The van der Waals surface area contributed by atoms with E-state index in [1.807, 2.05) is 0 Å². The Balaban J connectivity index is 1.50. The Kier molecular flexibility index (Phi) is 3.98. The number of aromatic amines is 1. The molecule has 5 nitrogen and oxygen atoms in total. The lowest BCUT2D eigenvalue weighted by Crippen LogP contribution is -2.44. The van der Waals surface area contributed by atoms with E-state index in [2.05, 4.69) is 10.3 Å².